The van der Waals surface area contributed by atoms with E-state index < -0.39 is 0 Å². The van der Waals surface area contributed by atoms with Crippen LogP contribution in [-0.4, -0.2) is 12.4 Å². The molecule has 0 fully saturated rings. The highest BCUT2D eigenvalue weighted by molar-refractivity contribution is 9.10. The lowest BCUT2D eigenvalue weighted by Gasteiger charge is -2.10. The topological polar surface area (TPSA) is 26.3 Å². The van der Waals surface area contributed by atoms with Crippen molar-refractivity contribution in [1.82, 2.24) is 0 Å². The van der Waals surface area contributed by atoms with Crippen molar-refractivity contribution in [3.05, 3.63) is 63.1 Å². The Morgan fingerprint density at radius 1 is 1.21 bits per heavy atom. The first-order valence-corrected chi connectivity index (χ1v) is 7.01. The second-order valence-corrected chi connectivity index (χ2v) is 5.60. The van der Waals surface area contributed by atoms with Gasteiger partial charge in [-0.25, -0.2) is 0 Å². The van der Waals surface area contributed by atoms with Crippen molar-refractivity contribution in [2.45, 2.75) is 13.3 Å². The first-order chi connectivity index (χ1) is 9.16. The highest BCUT2D eigenvalue weighted by Gasteiger charge is 2.23. The third kappa shape index (κ3) is 2.19. The fraction of sp³-hybridized carbons (Fsp3) is 0.188. The number of halogens is 1. The van der Waals surface area contributed by atoms with E-state index >= 15 is 0 Å². The minimum absolute atomic E-state index is 0.0255. The first-order valence-electron chi connectivity index (χ1n) is 6.22. The van der Waals surface area contributed by atoms with Crippen LogP contribution in [0.15, 0.2) is 40.9 Å². The van der Waals surface area contributed by atoms with E-state index in [-0.39, 0.29) is 5.78 Å². The molecule has 0 aliphatic carbocycles. The van der Waals surface area contributed by atoms with Gasteiger partial charge in [-0.15, -0.1) is 0 Å². The zero-order chi connectivity index (χ0) is 13.4. The summed E-state index contributed by atoms with van der Waals surface area (Å²) in [5.74, 6) is 0.772. The van der Waals surface area contributed by atoms with E-state index in [2.05, 4.69) is 15.9 Å². The second kappa shape index (κ2) is 4.82. The van der Waals surface area contributed by atoms with Crippen molar-refractivity contribution in [2.24, 2.45) is 0 Å². The predicted octanol–water partition coefficient (Wildman–Crippen LogP) is 3.92. The molecule has 0 spiro atoms. The second-order valence-electron chi connectivity index (χ2n) is 4.68. The van der Waals surface area contributed by atoms with Gasteiger partial charge in [0.05, 0.1) is 12.2 Å². The van der Waals surface area contributed by atoms with E-state index in [0.717, 1.165) is 33.3 Å². The summed E-state index contributed by atoms with van der Waals surface area (Å²) in [4.78, 5) is 12.7. The van der Waals surface area contributed by atoms with Crippen molar-refractivity contribution < 1.29 is 9.53 Å². The molecule has 1 heterocycles. The largest absolute Gasteiger partial charge is 0.492 e. The molecule has 0 amide bonds. The van der Waals surface area contributed by atoms with Crippen LogP contribution in [0.2, 0.25) is 0 Å². The zero-order valence-corrected chi connectivity index (χ0v) is 12.2. The summed E-state index contributed by atoms with van der Waals surface area (Å²) in [7, 11) is 0. The lowest BCUT2D eigenvalue weighted by molar-refractivity contribution is 0.103. The van der Waals surface area contributed by atoms with Crippen LogP contribution >= 0.6 is 15.9 Å². The van der Waals surface area contributed by atoms with Gasteiger partial charge in [-0.05, 0) is 30.2 Å². The number of hydrogen-bond acceptors (Lipinski definition) is 2. The fourth-order valence-electron chi connectivity index (χ4n) is 2.41. The summed E-state index contributed by atoms with van der Waals surface area (Å²) < 4.78 is 6.55. The third-order valence-corrected chi connectivity index (χ3v) is 3.84. The van der Waals surface area contributed by atoms with Gasteiger partial charge in [0, 0.05) is 16.5 Å². The van der Waals surface area contributed by atoms with Gasteiger partial charge in [0.1, 0.15) is 5.75 Å². The van der Waals surface area contributed by atoms with Gasteiger partial charge in [0.15, 0.2) is 5.78 Å². The van der Waals surface area contributed by atoms with Gasteiger partial charge in [0.25, 0.3) is 0 Å². The molecule has 0 saturated heterocycles. The SMILES string of the molecule is Cc1ccccc1C(=O)c1cc(Br)cc2c1OCC2. The number of carbonyl (C=O) groups is 1. The number of rotatable bonds is 2. The molecule has 2 aromatic carbocycles. The highest BCUT2D eigenvalue weighted by Crippen LogP contribution is 2.34. The van der Waals surface area contributed by atoms with E-state index in [9.17, 15) is 4.79 Å². The van der Waals surface area contributed by atoms with Crippen LogP contribution in [-0.2, 0) is 6.42 Å². The smallest absolute Gasteiger partial charge is 0.197 e. The molecule has 96 valence electrons. The average molecular weight is 317 g/mol. The van der Waals surface area contributed by atoms with Crippen LogP contribution in [0.4, 0.5) is 0 Å². The maximum atomic E-state index is 12.7. The molecule has 0 aromatic heterocycles. The molecule has 1 aliphatic heterocycles. The number of aryl methyl sites for hydroxylation is 1. The first kappa shape index (κ1) is 12.4. The van der Waals surface area contributed by atoms with E-state index in [1.54, 1.807) is 0 Å². The summed E-state index contributed by atoms with van der Waals surface area (Å²) in [6.45, 7) is 2.60. The van der Waals surface area contributed by atoms with E-state index in [0.29, 0.717) is 12.2 Å². The molecule has 3 heteroatoms. The standard InChI is InChI=1S/C16H13BrO2/c1-10-4-2-3-5-13(10)15(18)14-9-12(17)8-11-6-7-19-16(11)14/h2-5,8-9H,6-7H2,1H3. The molecule has 2 nitrogen and oxygen atoms in total. The van der Waals surface area contributed by atoms with Crippen molar-refractivity contribution >= 4 is 21.7 Å². The molecular formula is C16H13BrO2. The van der Waals surface area contributed by atoms with Crippen LogP contribution in [0.3, 0.4) is 0 Å². The van der Waals surface area contributed by atoms with Crippen molar-refractivity contribution in [1.29, 1.82) is 0 Å². The Kier molecular flexibility index (Phi) is 3.15. The van der Waals surface area contributed by atoms with E-state index in [1.807, 2.05) is 43.3 Å². The minimum Gasteiger partial charge on any atom is -0.492 e. The number of hydrogen-bond donors (Lipinski definition) is 0. The van der Waals surface area contributed by atoms with Gasteiger partial charge >= 0.3 is 0 Å². The molecule has 0 bridgehead atoms. The number of benzene rings is 2. The third-order valence-electron chi connectivity index (χ3n) is 3.38. The van der Waals surface area contributed by atoms with Crippen LogP contribution < -0.4 is 4.74 Å². The lowest BCUT2D eigenvalue weighted by Crippen LogP contribution is -2.05. The van der Waals surface area contributed by atoms with Gasteiger partial charge in [-0.1, -0.05) is 40.2 Å². The van der Waals surface area contributed by atoms with Crippen LogP contribution in [0, 0.1) is 6.92 Å². The Balaban J connectivity index is 2.13. The Morgan fingerprint density at radius 2 is 2.00 bits per heavy atom. The number of ketones is 1. The van der Waals surface area contributed by atoms with E-state index in [4.69, 9.17) is 4.74 Å². The summed E-state index contributed by atoms with van der Waals surface area (Å²) in [6.07, 6.45) is 0.864. The predicted molar refractivity (Wildman–Crippen MR) is 78.0 cm³/mol. The summed E-state index contributed by atoms with van der Waals surface area (Å²) in [6, 6.07) is 11.5. The molecule has 0 atom stereocenters. The summed E-state index contributed by atoms with van der Waals surface area (Å²) in [5, 5.41) is 0. The van der Waals surface area contributed by atoms with Crippen molar-refractivity contribution in [3.8, 4) is 5.75 Å². The van der Waals surface area contributed by atoms with Gasteiger partial charge in [0.2, 0.25) is 0 Å². The summed E-state index contributed by atoms with van der Waals surface area (Å²) >= 11 is 3.47. The molecule has 0 radical (unpaired) electrons. The Hall–Kier alpha value is -1.61. The molecule has 1 aliphatic rings. The molecule has 0 saturated carbocycles. The molecule has 2 aromatic rings. The molecular weight excluding hydrogens is 304 g/mol. The highest BCUT2D eigenvalue weighted by atomic mass is 79.9. The monoisotopic (exact) mass is 316 g/mol. The average Bonchev–Trinajstić information content (AvgIpc) is 2.85. The maximum absolute atomic E-state index is 12.7. The van der Waals surface area contributed by atoms with Crippen molar-refractivity contribution in [2.75, 3.05) is 6.61 Å². The number of ether oxygens (including phenoxy) is 1. The Bertz CT molecular complexity index is 662. The zero-order valence-electron chi connectivity index (χ0n) is 10.6. The number of carbonyl (C=O) groups excluding carboxylic acids is 1. The quantitative estimate of drug-likeness (QED) is 0.785. The van der Waals surface area contributed by atoms with Gasteiger partial charge in [-0.3, -0.25) is 4.79 Å². The fourth-order valence-corrected chi connectivity index (χ4v) is 2.92. The summed E-state index contributed by atoms with van der Waals surface area (Å²) in [5.41, 5.74) is 3.47. The molecule has 0 unspecified atom stereocenters. The van der Waals surface area contributed by atoms with Crippen LogP contribution in [0.5, 0.6) is 5.75 Å². The molecule has 0 N–H and O–H groups in total. The normalized spacial score (nSPS) is 12.9. The minimum atomic E-state index is 0.0255. The van der Waals surface area contributed by atoms with Gasteiger partial charge < -0.3 is 4.74 Å². The Labute approximate surface area is 120 Å². The van der Waals surface area contributed by atoms with Crippen molar-refractivity contribution in [3.63, 3.8) is 0 Å². The lowest BCUT2D eigenvalue weighted by atomic mass is 9.97. The van der Waals surface area contributed by atoms with Gasteiger partial charge in [-0.2, -0.15) is 0 Å². The number of fused-ring (bicyclic) bond motifs is 1. The van der Waals surface area contributed by atoms with E-state index in [1.165, 1.54) is 0 Å². The molecule has 3 rings (SSSR count). The van der Waals surface area contributed by atoms with Crippen LogP contribution in [0.25, 0.3) is 0 Å². The molecule has 19 heavy (non-hydrogen) atoms. The van der Waals surface area contributed by atoms with Crippen LogP contribution in [0.1, 0.15) is 27.0 Å². The Morgan fingerprint density at radius 3 is 2.79 bits per heavy atom. The maximum Gasteiger partial charge on any atom is 0.197 e.